The minimum atomic E-state index is -2.85. The third kappa shape index (κ3) is 3.92. The molecule has 3 unspecified atom stereocenters. The Morgan fingerprint density at radius 1 is 1.37 bits per heavy atom. The van der Waals surface area contributed by atoms with E-state index in [1.807, 2.05) is 0 Å². The maximum absolute atomic E-state index is 11.5. The van der Waals surface area contributed by atoms with Gasteiger partial charge in [0.25, 0.3) is 0 Å². The second-order valence-electron chi connectivity index (χ2n) is 6.49. The Morgan fingerprint density at radius 2 is 2.16 bits per heavy atom. The summed E-state index contributed by atoms with van der Waals surface area (Å²) in [7, 11) is -1.15. The van der Waals surface area contributed by atoms with Crippen LogP contribution in [0.5, 0.6) is 0 Å². The fourth-order valence-corrected chi connectivity index (χ4v) is 4.85. The molecule has 19 heavy (non-hydrogen) atoms. The molecule has 4 nitrogen and oxygen atoms in total. The maximum Gasteiger partial charge on any atom is 0.147 e. The van der Waals surface area contributed by atoms with Crippen LogP contribution in [-0.4, -0.2) is 47.2 Å². The summed E-state index contributed by atoms with van der Waals surface area (Å²) in [5.74, 6) is 1.91. The molecule has 2 aliphatic rings. The molecule has 0 spiro atoms. The fourth-order valence-electron chi connectivity index (χ4n) is 4.07. The van der Waals surface area contributed by atoms with Gasteiger partial charge in [-0.2, -0.15) is 0 Å². The summed E-state index contributed by atoms with van der Waals surface area (Å²) in [5.41, 5.74) is 0.222. The van der Waals surface area contributed by atoms with E-state index in [1.54, 1.807) is 7.11 Å². The maximum atomic E-state index is 11.5. The minimum Gasteiger partial charge on any atom is -0.383 e. The summed E-state index contributed by atoms with van der Waals surface area (Å²) in [4.78, 5) is 0. The quantitative estimate of drug-likeness (QED) is 0.687. The van der Waals surface area contributed by atoms with Crippen molar-refractivity contribution in [1.29, 1.82) is 0 Å². The van der Waals surface area contributed by atoms with Gasteiger partial charge < -0.3 is 10.1 Å². The summed E-state index contributed by atoms with van der Waals surface area (Å²) in [6.45, 7) is 2.53. The van der Waals surface area contributed by atoms with Crippen LogP contribution in [0, 0.1) is 17.3 Å². The molecule has 0 amide bonds. The molecule has 2 bridgehead atoms. The fraction of sp³-hybridized carbons (Fsp3) is 1.00. The first-order valence-electron chi connectivity index (χ1n) is 7.32. The van der Waals surface area contributed by atoms with Crippen LogP contribution >= 0.6 is 0 Å². The second kappa shape index (κ2) is 6.10. The molecule has 0 radical (unpaired) electrons. The van der Waals surface area contributed by atoms with E-state index in [-0.39, 0.29) is 5.41 Å². The Hall–Kier alpha value is -0.130. The number of hydrogen-bond acceptors (Lipinski definition) is 4. The molecule has 112 valence electrons. The van der Waals surface area contributed by atoms with Crippen molar-refractivity contribution in [3.63, 3.8) is 0 Å². The van der Waals surface area contributed by atoms with Gasteiger partial charge in [0, 0.05) is 26.5 Å². The van der Waals surface area contributed by atoms with Crippen molar-refractivity contribution in [3.05, 3.63) is 0 Å². The predicted octanol–water partition coefficient (Wildman–Crippen LogP) is 1.46. The lowest BCUT2D eigenvalue weighted by Gasteiger charge is -2.38. The Morgan fingerprint density at radius 3 is 2.68 bits per heavy atom. The molecule has 1 N–H and O–H groups in total. The molecule has 0 saturated heterocycles. The van der Waals surface area contributed by atoms with Gasteiger partial charge in [-0.25, -0.2) is 8.42 Å². The first kappa shape index (κ1) is 15.3. The van der Waals surface area contributed by atoms with E-state index in [0.29, 0.717) is 5.75 Å². The standard InChI is InChI=1S/C14H27NO3S/c1-18-7-6-15-11-14(5-8-19(2,16)17)10-12-3-4-13(14)9-12/h12-13,15H,3-11H2,1-2H3. The average Bonchev–Trinajstić information content (AvgIpc) is 2.92. The van der Waals surface area contributed by atoms with Crippen LogP contribution in [0.1, 0.15) is 32.1 Å². The lowest BCUT2D eigenvalue weighted by molar-refractivity contribution is 0.141. The molecule has 2 saturated carbocycles. The Bertz CT molecular complexity index is 395. The first-order chi connectivity index (χ1) is 8.95. The van der Waals surface area contributed by atoms with Crippen LogP contribution in [0.25, 0.3) is 0 Å². The zero-order chi connectivity index (χ0) is 13.9. The highest BCUT2D eigenvalue weighted by Gasteiger charge is 2.50. The van der Waals surface area contributed by atoms with Gasteiger partial charge in [0.2, 0.25) is 0 Å². The molecule has 0 aromatic heterocycles. The Labute approximate surface area is 117 Å². The van der Waals surface area contributed by atoms with Crippen molar-refractivity contribution in [2.24, 2.45) is 17.3 Å². The van der Waals surface area contributed by atoms with E-state index in [4.69, 9.17) is 4.74 Å². The van der Waals surface area contributed by atoms with Crippen LogP contribution in [0.2, 0.25) is 0 Å². The van der Waals surface area contributed by atoms with Crippen molar-refractivity contribution >= 4 is 9.84 Å². The summed E-state index contributed by atoms with van der Waals surface area (Å²) < 4.78 is 28.0. The zero-order valence-electron chi connectivity index (χ0n) is 12.2. The molecule has 2 aliphatic carbocycles. The number of fused-ring (bicyclic) bond motifs is 2. The number of nitrogens with one attached hydrogen (secondary N) is 1. The van der Waals surface area contributed by atoms with E-state index < -0.39 is 9.84 Å². The van der Waals surface area contributed by atoms with Gasteiger partial charge in [0.1, 0.15) is 9.84 Å². The third-order valence-corrected chi connectivity index (χ3v) is 5.98. The second-order valence-corrected chi connectivity index (χ2v) is 8.75. The van der Waals surface area contributed by atoms with E-state index in [9.17, 15) is 8.42 Å². The lowest BCUT2D eigenvalue weighted by atomic mass is 9.71. The van der Waals surface area contributed by atoms with Crippen molar-refractivity contribution in [3.8, 4) is 0 Å². The largest absolute Gasteiger partial charge is 0.383 e. The van der Waals surface area contributed by atoms with Crippen molar-refractivity contribution in [1.82, 2.24) is 5.32 Å². The number of sulfone groups is 1. The van der Waals surface area contributed by atoms with E-state index in [1.165, 1.54) is 31.9 Å². The van der Waals surface area contributed by atoms with Gasteiger partial charge in [-0.15, -0.1) is 0 Å². The van der Waals surface area contributed by atoms with Crippen LogP contribution in [0.4, 0.5) is 0 Å². The molecular formula is C14H27NO3S. The van der Waals surface area contributed by atoms with Crippen LogP contribution in [-0.2, 0) is 14.6 Å². The Kier molecular flexibility index (Phi) is 4.90. The number of hydrogen-bond donors (Lipinski definition) is 1. The first-order valence-corrected chi connectivity index (χ1v) is 9.39. The highest BCUT2D eigenvalue weighted by molar-refractivity contribution is 7.90. The molecule has 0 aliphatic heterocycles. The van der Waals surface area contributed by atoms with Crippen molar-refractivity contribution in [2.75, 3.05) is 38.8 Å². The van der Waals surface area contributed by atoms with Gasteiger partial charge in [0.15, 0.2) is 0 Å². The van der Waals surface area contributed by atoms with Crippen LogP contribution in [0.15, 0.2) is 0 Å². The summed E-state index contributed by atoms with van der Waals surface area (Å²) in [6.07, 6.45) is 7.35. The topological polar surface area (TPSA) is 55.4 Å². The van der Waals surface area contributed by atoms with Crippen LogP contribution < -0.4 is 5.32 Å². The summed E-state index contributed by atoms with van der Waals surface area (Å²) in [5, 5.41) is 3.47. The number of rotatable bonds is 8. The SMILES string of the molecule is COCCNCC1(CCS(C)(=O)=O)CC2CCC1C2. The van der Waals surface area contributed by atoms with E-state index in [0.717, 1.165) is 38.0 Å². The summed E-state index contributed by atoms with van der Waals surface area (Å²) >= 11 is 0. The number of methoxy groups -OCH3 is 1. The van der Waals surface area contributed by atoms with E-state index >= 15 is 0 Å². The number of ether oxygens (including phenoxy) is 1. The van der Waals surface area contributed by atoms with Gasteiger partial charge in [-0.05, 0) is 42.9 Å². The molecule has 5 heteroatoms. The van der Waals surface area contributed by atoms with Gasteiger partial charge in [-0.3, -0.25) is 0 Å². The molecule has 3 atom stereocenters. The van der Waals surface area contributed by atoms with E-state index in [2.05, 4.69) is 5.32 Å². The molecule has 0 aromatic rings. The zero-order valence-corrected chi connectivity index (χ0v) is 13.0. The van der Waals surface area contributed by atoms with Crippen LogP contribution in [0.3, 0.4) is 0 Å². The predicted molar refractivity (Wildman–Crippen MR) is 77.0 cm³/mol. The van der Waals surface area contributed by atoms with Gasteiger partial charge >= 0.3 is 0 Å². The molecule has 0 heterocycles. The highest BCUT2D eigenvalue weighted by atomic mass is 32.2. The minimum absolute atomic E-state index is 0.222. The molecule has 0 aromatic carbocycles. The molecule has 2 fully saturated rings. The van der Waals surface area contributed by atoms with Gasteiger partial charge in [0.05, 0.1) is 12.4 Å². The molecule has 2 rings (SSSR count). The normalized spacial score (nSPS) is 34.0. The smallest absolute Gasteiger partial charge is 0.147 e. The van der Waals surface area contributed by atoms with Crippen molar-refractivity contribution < 1.29 is 13.2 Å². The van der Waals surface area contributed by atoms with Crippen molar-refractivity contribution in [2.45, 2.75) is 32.1 Å². The summed E-state index contributed by atoms with van der Waals surface area (Å²) in [6, 6.07) is 0. The Balaban J connectivity index is 1.94. The average molecular weight is 289 g/mol. The monoisotopic (exact) mass is 289 g/mol. The van der Waals surface area contributed by atoms with Gasteiger partial charge in [-0.1, -0.05) is 6.42 Å². The molecular weight excluding hydrogens is 262 g/mol. The third-order valence-electron chi connectivity index (χ3n) is 5.03. The highest BCUT2D eigenvalue weighted by Crippen LogP contribution is 2.57. The lowest BCUT2D eigenvalue weighted by Crippen LogP contribution is -2.41.